The van der Waals surface area contributed by atoms with Gasteiger partial charge in [-0.2, -0.15) is 0 Å². The molecule has 0 aliphatic carbocycles. The highest BCUT2D eigenvalue weighted by Crippen LogP contribution is 2.31. The van der Waals surface area contributed by atoms with Crippen molar-refractivity contribution in [2.24, 2.45) is 5.84 Å². The maximum atomic E-state index is 5.39. The van der Waals surface area contributed by atoms with Gasteiger partial charge in [0.1, 0.15) is 6.33 Å². The summed E-state index contributed by atoms with van der Waals surface area (Å²) in [6.45, 7) is 4.06. The maximum absolute atomic E-state index is 5.39. The fourth-order valence-corrected chi connectivity index (χ4v) is 1.76. The fourth-order valence-electron chi connectivity index (χ4n) is 1.76. The zero-order chi connectivity index (χ0) is 13.8. The smallest absolute Gasteiger partial charge is 0.205 e. The normalized spacial score (nSPS) is 10.1. The lowest BCUT2D eigenvalue weighted by Gasteiger charge is -2.14. The van der Waals surface area contributed by atoms with E-state index in [9.17, 15) is 0 Å². The quantitative estimate of drug-likeness (QED) is 0.576. The van der Waals surface area contributed by atoms with E-state index >= 15 is 0 Å². The van der Waals surface area contributed by atoms with Crippen LogP contribution in [0.25, 0.3) is 0 Å². The van der Waals surface area contributed by atoms with Gasteiger partial charge in [-0.25, -0.2) is 15.8 Å². The Labute approximate surface area is 112 Å². The van der Waals surface area contributed by atoms with Crippen molar-refractivity contribution in [2.75, 3.05) is 17.9 Å². The number of nitrogens with zero attached hydrogens (tertiary/aromatic N) is 2. The minimum Gasteiger partial charge on any atom is -0.490 e. The molecule has 100 valence electrons. The van der Waals surface area contributed by atoms with Crippen LogP contribution in [0.4, 0.5) is 17.3 Å². The van der Waals surface area contributed by atoms with Gasteiger partial charge in [0.2, 0.25) is 5.75 Å². The number of hydrazine groups is 1. The molecule has 2 aromatic rings. The van der Waals surface area contributed by atoms with Crippen molar-refractivity contribution in [3.63, 3.8) is 0 Å². The van der Waals surface area contributed by atoms with E-state index in [2.05, 4.69) is 26.8 Å². The Balaban J connectivity index is 2.40. The first-order chi connectivity index (χ1) is 9.15. The molecule has 0 radical (unpaired) electrons. The van der Waals surface area contributed by atoms with Crippen LogP contribution < -0.4 is 21.3 Å². The van der Waals surface area contributed by atoms with Gasteiger partial charge in [-0.1, -0.05) is 12.1 Å². The van der Waals surface area contributed by atoms with Crippen molar-refractivity contribution < 1.29 is 4.74 Å². The summed E-state index contributed by atoms with van der Waals surface area (Å²) in [4.78, 5) is 8.18. The van der Waals surface area contributed by atoms with E-state index in [1.165, 1.54) is 11.9 Å². The Morgan fingerprint density at radius 3 is 2.58 bits per heavy atom. The third kappa shape index (κ3) is 2.74. The van der Waals surface area contributed by atoms with Crippen molar-refractivity contribution in [2.45, 2.75) is 13.8 Å². The van der Waals surface area contributed by atoms with Gasteiger partial charge in [0.05, 0.1) is 7.11 Å². The summed E-state index contributed by atoms with van der Waals surface area (Å²) in [5, 5.41) is 3.24. The highest BCUT2D eigenvalue weighted by atomic mass is 16.5. The number of benzene rings is 1. The molecule has 1 heterocycles. The van der Waals surface area contributed by atoms with Crippen LogP contribution in [0.3, 0.4) is 0 Å². The number of nitrogens with two attached hydrogens (primary N) is 1. The maximum Gasteiger partial charge on any atom is 0.205 e. The molecule has 0 spiro atoms. The lowest BCUT2D eigenvalue weighted by atomic mass is 10.1. The molecule has 1 aromatic heterocycles. The van der Waals surface area contributed by atoms with E-state index < -0.39 is 0 Å². The first-order valence-corrected chi connectivity index (χ1v) is 5.85. The Bertz CT molecular complexity index is 585. The molecule has 2 rings (SSSR count). The zero-order valence-corrected chi connectivity index (χ0v) is 11.2. The number of rotatable bonds is 4. The average Bonchev–Trinajstić information content (AvgIpc) is 2.42. The predicted octanol–water partition coefficient (Wildman–Crippen LogP) is 2.13. The summed E-state index contributed by atoms with van der Waals surface area (Å²) in [6, 6.07) is 6.16. The fraction of sp³-hybridized carbons (Fsp3) is 0.231. The van der Waals surface area contributed by atoms with Crippen LogP contribution in [0, 0.1) is 13.8 Å². The van der Waals surface area contributed by atoms with E-state index in [4.69, 9.17) is 10.6 Å². The third-order valence-electron chi connectivity index (χ3n) is 2.79. The van der Waals surface area contributed by atoms with E-state index in [-0.39, 0.29) is 0 Å². The Kier molecular flexibility index (Phi) is 3.82. The third-order valence-corrected chi connectivity index (χ3v) is 2.79. The van der Waals surface area contributed by atoms with Crippen molar-refractivity contribution in [1.82, 2.24) is 9.97 Å². The van der Waals surface area contributed by atoms with Gasteiger partial charge in [0.15, 0.2) is 11.6 Å². The number of methoxy groups -OCH3 is 1. The first-order valence-electron chi connectivity index (χ1n) is 5.85. The molecule has 0 atom stereocenters. The zero-order valence-electron chi connectivity index (χ0n) is 11.2. The second kappa shape index (κ2) is 5.53. The topological polar surface area (TPSA) is 85.1 Å². The number of aryl methyl sites for hydroxylation is 2. The highest BCUT2D eigenvalue weighted by molar-refractivity contribution is 5.70. The van der Waals surface area contributed by atoms with Crippen LogP contribution in [0.5, 0.6) is 5.75 Å². The van der Waals surface area contributed by atoms with Gasteiger partial charge in [0.25, 0.3) is 0 Å². The molecular weight excluding hydrogens is 242 g/mol. The minimum absolute atomic E-state index is 0.435. The van der Waals surface area contributed by atoms with Gasteiger partial charge in [-0.15, -0.1) is 0 Å². The lowest BCUT2D eigenvalue weighted by molar-refractivity contribution is 0.415. The predicted molar refractivity (Wildman–Crippen MR) is 75.6 cm³/mol. The molecule has 0 amide bonds. The summed E-state index contributed by atoms with van der Waals surface area (Å²) in [5.74, 6) is 6.88. The number of ether oxygens (including phenoxy) is 1. The monoisotopic (exact) mass is 259 g/mol. The number of hydrogen-bond acceptors (Lipinski definition) is 6. The summed E-state index contributed by atoms with van der Waals surface area (Å²) in [5.41, 5.74) is 5.74. The number of hydrogen-bond donors (Lipinski definition) is 3. The summed E-state index contributed by atoms with van der Waals surface area (Å²) in [7, 11) is 1.55. The molecule has 4 N–H and O–H groups in total. The minimum atomic E-state index is 0.435. The first kappa shape index (κ1) is 13.1. The molecule has 6 heteroatoms. The lowest BCUT2D eigenvalue weighted by Crippen LogP contribution is -2.11. The van der Waals surface area contributed by atoms with Gasteiger partial charge in [0, 0.05) is 5.69 Å². The van der Waals surface area contributed by atoms with Crippen molar-refractivity contribution in [3.8, 4) is 5.75 Å². The number of aromatic nitrogens is 2. The van der Waals surface area contributed by atoms with Gasteiger partial charge in [-0.3, -0.25) is 0 Å². The molecule has 0 aliphatic heterocycles. The summed E-state index contributed by atoms with van der Waals surface area (Å²) in [6.07, 6.45) is 1.42. The van der Waals surface area contributed by atoms with E-state index in [0.29, 0.717) is 17.4 Å². The molecule has 0 unspecified atom stereocenters. The molecular formula is C13H17N5O. The SMILES string of the molecule is COc1c(NN)ncnc1Nc1cc(C)ccc1C. The van der Waals surface area contributed by atoms with Crippen LogP contribution >= 0.6 is 0 Å². The van der Waals surface area contributed by atoms with E-state index in [1.807, 2.05) is 26.0 Å². The molecule has 6 nitrogen and oxygen atoms in total. The van der Waals surface area contributed by atoms with Crippen molar-refractivity contribution >= 4 is 17.3 Å². The van der Waals surface area contributed by atoms with Crippen LogP contribution in [0.15, 0.2) is 24.5 Å². The van der Waals surface area contributed by atoms with Gasteiger partial charge >= 0.3 is 0 Å². The van der Waals surface area contributed by atoms with Crippen LogP contribution in [-0.4, -0.2) is 17.1 Å². The average molecular weight is 259 g/mol. The van der Waals surface area contributed by atoms with Crippen molar-refractivity contribution in [3.05, 3.63) is 35.7 Å². The summed E-state index contributed by atoms with van der Waals surface area (Å²) >= 11 is 0. The van der Waals surface area contributed by atoms with Crippen LogP contribution in [0.1, 0.15) is 11.1 Å². The van der Waals surface area contributed by atoms with E-state index in [1.54, 1.807) is 7.11 Å². The summed E-state index contributed by atoms with van der Waals surface area (Å²) < 4.78 is 5.28. The number of nitrogens with one attached hydrogen (secondary N) is 2. The largest absolute Gasteiger partial charge is 0.490 e. The molecule has 19 heavy (non-hydrogen) atoms. The Morgan fingerprint density at radius 2 is 1.89 bits per heavy atom. The second-order valence-corrected chi connectivity index (χ2v) is 4.19. The second-order valence-electron chi connectivity index (χ2n) is 4.19. The molecule has 1 aromatic carbocycles. The molecule has 0 bridgehead atoms. The number of nitrogen functional groups attached to an aromatic ring is 1. The van der Waals surface area contributed by atoms with E-state index in [0.717, 1.165) is 11.3 Å². The Morgan fingerprint density at radius 1 is 1.16 bits per heavy atom. The highest BCUT2D eigenvalue weighted by Gasteiger charge is 2.12. The van der Waals surface area contributed by atoms with Crippen LogP contribution in [-0.2, 0) is 0 Å². The number of anilines is 3. The molecule has 0 saturated carbocycles. The van der Waals surface area contributed by atoms with Crippen molar-refractivity contribution in [1.29, 1.82) is 0 Å². The molecule has 0 aliphatic rings. The molecule has 0 fully saturated rings. The Hall–Kier alpha value is -2.34. The molecule has 0 saturated heterocycles. The van der Waals surface area contributed by atoms with Gasteiger partial charge < -0.3 is 15.5 Å². The standard InChI is InChI=1S/C13H17N5O/c1-8-4-5-9(2)10(6-8)17-12-11(19-3)13(18-14)16-7-15-12/h4-7H,14H2,1-3H3,(H2,15,16,17,18). The van der Waals surface area contributed by atoms with Gasteiger partial charge in [-0.05, 0) is 31.0 Å². The van der Waals surface area contributed by atoms with Crippen LogP contribution in [0.2, 0.25) is 0 Å².